The second-order valence-electron chi connectivity index (χ2n) is 5.45. The average Bonchev–Trinajstić information content (AvgIpc) is 2.47. The topological polar surface area (TPSA) is 43.4 Å². The van der Waals surface area contributed by atoms with Crippen molar-refractivity contribution in [2.24, 2.45) is 0 Å². The first kappa shape index (κ1) is 20.4. The van der Waals surface area contributed by atoms with E-state index in [9.17, 15) is 9.36 Å². The van der Waals surface area contributed by atoms with Gasteiger partial charge in [0.1, 0.15) is 0 Å². The summed E-state index contributed by atoms with van der Waals surface area (Å²) in [4.78, 5) is 11.7. The van der Waals surface area contributed by atoms with Gasteiger partial charge in [-0.3, -0.25) is 4.79 Å². The smallest absolute Gasteiger partial charge is 0.159 e. The van der Waals surface area contributed by atoms with Crippen LogP contribution in [0.25, 0.3) is 0 Å². The van der Waals surface area contributed by atoms with Crippen LogP contribution in [0.2, 0.25) is 0 Å². The number of hydrogen-bond acceptors (Lipinski definition) is 3. The van der Waals surface area contributed by atoms with E-state index < -0.39 is 7.80 Å². The molecule has 0 aliphatic carbocycles. The Morgan fingerprint density at radius 2 is 1.70 bits per heavy atom. The van der Waals surface area contributed by atoms with Gasteiger partial charge in [0.2, 0.25) is 0 Å². The van der Waals surface area contributed by atoms with Crippen LogP contribution in [0.3, 0.4) is 0 Å². The summed E-state index contributed by atoms with van der Waals surface area (Å²) >= 11 is 0. The summed E-state index contributed by atoms with van der Waals surface area (Å²) in [5.74, 6) is 0.0419. The van der Waals surface area contributed by atoms with Crippen molar-refractivity contribution < 1.29 is 46.8 Å². The van der Waals surface area contributed by atoms with Crippen LogP contribution in [0.4, 0.5) is 0 Å². The molecule has 0 saturated heterocycles. The molecule has 0 aliphatic heterocycles. The van der Waals surface area contributed by atoms with Gasteiger partial charge >= 0.3 is 0 Å². The fourth-order valence-electron chi connectivity index (χ4n) is 2.30. The van der Waals surface area contributed by atoms with Crippen LogP contribution in [-0.4, -0.2) is 18.8 Å². The summed E-state index contributed by atoms with van der Waals surface area (Å²) in [5.41, 5.74) is 3.92. The van der Waals surface area contributed by atoms with E-state index in [1.54, 1.807) is 13.6 Å². The molecule has 0 spiro atoms. The van der Waals surface area contributed by atoms with Gasteiger partial charge in [0.15, 0.2) is 5.78 Å². The molecular formula is C18H21O3PY. The zero-order valence-electron chi connectivity index (χ0n) is 13.5. The Balaban J connectivity index is 0.00000264. The molecule has 2 aromatic rings. The van der Waals surface area contributed by atoms with Gasteiger partial charge in [-0.1, -0.05) is 36.4 Å². The van der Waals surface area contributed by atoms with Crippen LogP contribution in [-0.2, 0) is 55.0 Å². The standard InChI is InChI=1S/C18H21O3P.Y/c1-14(19)18-10-16(8-15-6-4-3-5-7-15)9-17(11-18)12-21-13-22(2)20;/h3-7,9-11,22H,8,12-13H2,1-2H3;. The molecule has 2 rings (SSSR count). The van der Waals surface area contributed by atoms with Gasteiger partial charge in [-0.25, -0.2) is 0 Å². The number of hydrogen-bond donors (Lipinski definition) is 0. The SMILES string of the molecule is CC(=O)c1cc(COC[PH](C)=O)cc(Cc2ccccc2)c1.[Y]. The molecular weight excluding hydrogens is 384 g/mol. The zero-order valence-corrected chi connectivity index (χ0v) is 17.4. The van der Waals surface area contributed by atoms with Crippen molar-refractivity contribution in [1.82, 2.24) is 0 Å². The van der Waals surface area contributed by atoms with Crippen LogP contribution in [0.1, 0.15) is 34.0 Å². The molecule has 0 aliphatic rings. The first-order valence-corrected chi connectivity index (χ1v) is 9.41. The second-order valence-corrected chi connectivity index (χ2v) is 7.14. The van der Waals surface area contributed by atoms with Crippen LogP contribution in [0, 0.1) is 0 Å². The molecule has 3 nitrogen and oxygen atoms in total. The Hall–Kier alpha value is -0.596. The molecule has 0 amide bonds. The van der Waals surface area contributed by atoms with E-state index in [0.717, 1.165) is 17.5 Å². The third-order valence-corrected chi connectivity index (χ3v) is 3.89. The molecule has 0 fully saturated rings. The van der Waals surface area contributed by atoms with Crippen molar-refractivity contribution in [1.29, 1.82) is 0 Å². The Labute approximate surface area is 163 Å². The normalized spacial score (nSPS) is 11.6. The summed E-state index contributed by atoms with van der Waals surface area (Å²) in [6.07, 6.45) is 1.06. The predicted molar refractivity (Wildman–Crippen MR) is 90.3 cm³/mol. The Morgan fingerprint density at radius 3 is 2.30 bits per heavy atom. The van der Waals surface area contributed by atoms with E-state index in [0.29, 0.717) is 12.2 Å². The van der Waals surface area contributed by atoms with Crippen LogP contribution in [0.15, 0.2) is 48.5 Å². The number of ether oxygens (including phenoxy) is 1. The fourth-order valence-corrected chi connectivity index (χ4v) is 2.68. The first-order valence-electron chi connectivity index (χ1n) is 7.29. The monoisotopic (exact) mass is 405 g/mol. The largest absolute Gasteiger partial charge is 0.369 e. The van der Waals surface area contributed by atoms with Crippen molar-refractivity contribution in [2.75, 3.05) is 13.0 Å². The summed E-state index contributed by atoms with van der Waals surface area (Å²) < 4.78 is 16.6. The molecule has 0 N–H and O–H groups in total. The molecule has 1 atom stereocenters. The average molecular weight is 405 g/mol. The van der Waals surface area contributed by atoms with E-state index >= 15 is 0 Å². The predicted octanol–water partition coefficient (Wildman–Crippen LogP) is 4.14. The number of Topliss-reactive ketones (excluding diaryl/α,β-unsaturated/α-hetero) is 1. The van der Waals surface area contributed by atoms with Crippen molar-refractivity contribution in [3.05, 3.63) is 70.8 Å². The molecule has 0 heterocycles. The third-order valence-electron chi connectivity index (χ3n) is 3.28. The molecule has 5 heteroatoms. The summed E-state index contributed by atoms with van der Waals surface area (Å²) in [7, 11) is -1.63. The maximum Gasteiger partial charge on any atom is 0.159 e. The van der Waals surface area contributed by atoms with Gasteiger partial charge in [-0.05, 0) is 48.8 Å². The maximum absolute atomic E-state index is 11.7. The number of ketones is 1. The van der Waals surface area contributed by atoms with E-state index in [4.69, 9.17) is 4.74 Å². The molecule has 0 saturated carbocycles. The minimum absolute atomic E-state index is 0. The van der Waals surface area contributed by atoms with Crippen LogP contribution >= 0.6 is 7.80 Å². The zero-order chi connectivity index (χ0) is 15.9. The van der Waals surface area contributed by atoms with Crippen molar-refractivity contribution in [3.63, 3.8) is 0 Å². The maximum atomic E-state index is 11.7. The molecule has 119 valence electrons. The molecule has 2 aromatic carbocycles. The van der Waals surface area contributed by atoms with E-state index in [1.165, 1.54) is 5.56 Å². The van der Waals surface area contributed by atoms with Gasteiger partial charge in [0, 0.05) is 38.3 Å². The fraction of sp³-hybridized carbons (Fsp3) is 0.278. The van der Waals surface area contributed by atoms with E-state index in [2.05, 4.69) is 12.1 Å². The Bertz CT molecular complexity index is 671. The number of carbonyl (C=O) groups excluding carboxylic acids is 1. The quantitative estimate of drug-likeness (QED) is 0.514. The number of carbonyl (C=O) groups is 1. The van der Waals surface area contributed by atoms with Crippen molar-refractivity contribution in [3.8, 4) is 0 Å². The van der Waals surface area contributed by atoms with Gasteiger partial charge in [-0.15, -0.1) is 0 Å². The minimum atomic E-state index is -1.63. The minimum Gasteiger partial charge on any atom is -0.369 e. The van der Waals surface area contributed by atoms with E-state index in [-0.39, 0.29) is 44.8 Å². The van der Waals surface area contributed by atoms with E-state index in [1.807, 2.05) is 36.4 Å². The summed E-state index contributed by atoms with van der Waals surface area (Å²) in [6.45, 7) is 3.63. The number of benzene rings is 2. The number of rotatable bonds is 7. The van der Waals surface area contributed by atoms with Crippen molar-refractivity contribution >= 4 is 13.6 Å². The summed E-state index contributed by atoms with van der Waals surface area (Å²) in [6, 6.07) is 16.0. The second kappa shape index (κ2) is 10.3. The molecule has 1 unspecified atom stereocenters. The molecule has 0 bridgehead atoms. The van der Waals surface area contributed by atoms with Crippen LogP contribution in [0.5, 0.6) is 0 Å². The van der Waals surface area contributed by atoms with Crippen molar-refractivity contribution in [2.45, 2.75) is 20.0 Å². The Morgan fingerprint density at radius 1 is 1.04 bits per heavy atom. The van der Waals surface area contributed by atoms with Gasteiger partial charge in [-0.2, -0.15) is 0 Å². The molecule has 23 heavy (non-hydrogen) atoms. The van der Waals surface area contributed by atoms with Gasteiger partial charge in [0.05, 0.1) is 20.8 Å². The Kier molecular flexibility index (Phi) is 9.16. The molecule has 1 radical (unpaired) electrons. The molecule has 0 aromatic heterocycles. The third kappa shape index (κ3) is 7.22. The van der Waals surface area contributed by atoms with Gasteiger partial charge in [0.25, 0.3) is 0 Å². The first-order chi connectivity index (χ1) is 10.5. The van der Waals surface area contributed by atoms with Gasteiger partial charge < -0.3 is 9.30 Å². The summed E-state index contributed by atoms with van der Waals surface area (Å²) in [5, 5.41) is 0. The van der Waals surface area contributed by atoms with Crippen LogP contribution < -0.4 is 0 Å².